The molecule has 1 aromatic rings. The number of hydrogen-bond acceptors (Lipinski definition) is 3. The number of hydrogen-bond donors (Lipinski definition) is 1. The summed E-state index contributed by atoms with van der Waals surface area (Å²) < 4.78 is 19.2. The summed E-state index contributed by atoms with van der Waals surface area (Å²) in [4.78, 5) is 2.26. The van der Waals surface area contributed by atoms with Crippen molar-refractivity contribution in [3.05, 3.63) is 34.6 Å². The van der Waals surface area contributed by atoms with E-state index in [1.54, 1.807) is 6.07 Å². The molecule has 0 saturated carbocycles. The first-order valence-corrected chi connectivity index (χ1v) is 7.04. The second-order valence-electron chi connectivity index (χ2n) is 4.82. The molecule has 1 saturated heterocycles. The van der Waals surface area contributed by atoms with Gasteiger partial charge >= 0.3 is 0 Å². The molecular formula is C14H20ClFN2O. The Kier molecular flexibility index (Phi) is 5.16. The summed E-state index contributed by atoms with van der Waals surface area (Å²) in [7, 11) is 0. The predicted octanol–water partition coefficient (Wildman–Crippen LogP) is 2.59. The third kappa shape index (κ3) is 3.45. The molecule has 2 unspecified atom stereocenters. The Balaban J connectivity index is 2.16. The van der Waals surface area contributed by atoms with Crippen LogP contribution in [0, 0.1) is 5.82 Å². The highest BCUT2D eigenvalue weighted by molar-refractivity contribution is 6.30. The van der Waals surface area contributed by atoms with E-state index in [1.807, 2.05) is 6.07 Å². The zero-order valence-electron chi connectivity index (χ0n) is 11.1. The van der Waals surface area contributed by atoms with Crippen molar-refractivity contribution in [2.24, 2.45) is 5.73 Å². The minimum Gasteiger partial charge on any atom is -0.376 e. The quantitative estimate of drug-likeness (QED) is 0.925. The highest BCUT2D eigenvalue weighted by Gasteiger charge is 2.26. The summed E-state index contributed by atoms with van der Waals surface area (Å²) in [5.41, 5.74) is 6.75. The van der Waals surface area contributed by atoms with Crippen LogP contribution in [0.5, 0.6) is 0 Å². The van der Waals surface area contributed by atoms with E-state index in [1.165, 1.54) is 6.07 Å². The lowest BCUT2D eigenvalue weighted by Crippen LogP contribution is -2.46. The topological polar surface area (TPSA) is 38.5 Å². The second-order valence-corrected chi connectivity index (χ2v) is 5.23. The molecule has 2 N–H and O–H groups in total. The first-order valence-electron chi connectivity index (χ1n) is 6.66. The van der Waals surface area contributed by atoms with Gasteiger partial charge in [-0.3, -0.25) is 4.90 Å². The molecule has 0 bridgehead atoms. The number of morpholine rings is 1. The molecule has 0 spiro atoms. The van der Waals surface area contributed by atoms with E-state index in [4.69, 9.17) is 22.1 Å². The number of ether oxygens (including phenoxy) is 1. The van der Waals surface area contributed by atoms with Crippen LogP contribution in [0.1, 0.15) is 24.9 Å². The van der Waals surface area contributed by atoms with Crippen molar-refractivity contribution in [1.29, 1.82) is 0 Å². The summed E-state index contributed by atoms with van der Waals surface area (Å²) in [5, 5.41) is 0.146. The van der Waals surface area contributed by atoms with Crippen LogP contribution in [-0.2, 0) is 4.74 Å². The van der Waals surface area contributed by atoms with E-state index in [0.717, 1.165) is 25.1 Å². The van der Waals surface area contributed by atoms with Crippen molar-refractivity contribution >= 4 is 11.6 Å². The summed E-state index contributed by atoms with van der Waals surface area (Å²) in [5.74, 6) is -0.391. The average Bonchev–Trinajstić information content (AvgIpc) is 2.44. The van der Waals surface area contributed by atoms with Gasteiger partial charge < -0.3 is 10.5 Å². The highest BCUT2D eigenvalue weighted by atomic mass is 35.5. The first-order chi connectivity index (χ1) is 9.15. The molecule has 1 aromatic carbocycles. The van der Waals surface area contributed by atoms with Gasteiger partial charge in [-0.2, -0.15) is 0 Å². The molecule has 1 aliphatic heterocycles. The van der Waals surface area contributed by atoms with Gasteiger partial charge in [0.15, 0.2) is 0 Å². The van der Waals surface area contributed by atoms with E-state index in [2.05, 4.69) is 11.8 Å². The van der Waals surface area contributed by atoms with E-state index in [0.29, 0.717) is 13.2 Å². The number of rotatable bonds is 4. The Bertz CT molecular complexity index is 430. The van der Waals surface area contributed by atoms with Crippen molar-refractivity contribution in [2.75, 3.05) is 26.2 Å². The number of halogens is 2. The second kappa shape index (κ2) is 6.66. The lowest BCUT2D eigenvalue weighted by Gasteiger charge is -2.37. The van der Waals surface area contributed by atoms with Crippen molar-refractivity contribution < 1.29 is 9.13 Å². The molecule has 1 heterocycles. The lowest BCUT2D eigenvalue weighted by molar-refractivity contribution is -0.0437. The monoisotopic (exact) mass is 286 g/mol. The van der Waals surface area contributed by atoms with E-state index in [9.17, 15) is 4.39 Å². The summed E-state index contributed by atoms with van der Waals surface area (Å²) in [6.45, 7) is 4.92. The van der Waals surface area contributed by atoms with Crippen LogP contribution in [0.3, 0.4) is 0 Å². The highest BCUT2D eigenvalue weighted by Crippen LogP contribution is 2.26. The molecule has 2 atom stereocenters. The summed E-state index contributed by atoms with van der Waals surface area (Å²) in [6.07, 6.45) is 1.21. The maximum Gasteiger partial charge on any atom is 0.142 e. The smallest absolute Gasteiger partial charge is 0.142 e. The minimum atomic E-state index is -0.391. The maximum atomic E-state index is 13.6. The molecule has 0 aromatic heterocycles. The summed E-state index contributed by atoms with van der Waals surface area (Å²) >= 11 is 5.72. The van der Waals surface area contributed by atoms with Gasteiger partial charge in [0, 0.05) is 25.7 Å². The molecule has 106 valence electrons. The predicted molar refractivity (Wildman–Crippen MR) is 74.8 cm³/mol. The van der Waals surface area contributed by atoms with Gasteiger partial charge in [0.2, 0.25) is 0 Å². The Morgan fingerprint density at radius 3 is 3.00 bits per heavy atom. The fourth-order valence-electron chi connectivity index (χ4n) is 2.49. The van der Waals surface area contributed by atoms with Crippen molar-refractivity contribution in [1.82, 2.24) is 4.90 Å². The first kappa shape index (κ1) is 14.7. The van der Waals surface area contributed by atoms with Crippen molar-refractivity contribution in [3.63, 3.8) is 0 Å². The molecule has 5 heteroatoms. The van der Waals surface area contributed by atoms with Crippen molar-refractivity contribution in [2.45, 2.75) is 25.5 Å². The van der Waals surface area contributed by atoms with Crippen LogP contribution < -0.4 is 5.73 Å². The van der Waals surface area contributed by atoms with Crippen molar-refractivity contribution in [3.8, 4) is 0 Å². The van der Waals surface area contributed by atoms with Gasteiger partial charge in [0.1, 0.15) is 5.82 Å². The number of nitrogens with zero attached hydrogens (tertiary/aromatic N) is 1. The Morgan fingerprint density at radius 1 is 1.58 bits per heavy atom. The Morgan fingerprint density at radius 2 is 2.37 bits per heavy atom. The normalized spacial score (nSPS) is 22.4. The lowest BCUT2D eigenvalue weighted by atomic mass is 10.0. The van der Waals surface area contributed by atoms with Gasteiger partial charge in [-0.15, -0.1) is 0 Å². The zero-order chi connectivity index (χ0) is 13.8. The molecule has 0 aliphatic carbocycles. The molecule has 1 fully saturated rings. The van der Waals surface area contributed by atoms with E-state index < -0.39 is 5.82 Å². The fraction of sp³-hybridized carbons (Fsp3) is 0.571. The maximum absolute atomic E-state index is 13.6. The third-order valence-electron chi connectivity index (χ3n) is 3.62. The van der Waals surface area contributed by atoms with Crippen LogP contribution in [0.4, 0.5) is 4.39 Å². The SMILES string of the molecule is CCC1CN(C(CN)c2ccc(Cl)c(F)c2)CCO1. The standard InChI is InChI=1S/C14H20ClFN2O/c1-2-11-9-18(5-6-19-11)14(8-17)10-3-4-12(15)13(16)7-10/h3-4,7,11,14H,2,5-6,8-9,17H2,1H3. The Labute approximate surface area is 118 Å². The van der Waals surface area contributed by atoms with Gasteiger partial charge in [-0.05, 0) is 24.1 Å². The molecule has 1 aliphatic rings. The van der Waals surface area contributed by atoms with Gasteiger partial charge in [-0.1, -0.05) is 24.6 Å². The molecule has 3 nitrogen and oxygen atoms in total. The third-order valence-corrected chi connectivity index (χ3v) is 3.92. The van der Waals surface area contributed by atoms with Crippen LogP contribution in [0.25, 0.3) is 0 Å². The fourth-order valence-corrected chi connectivity index (χ4v) is 2.61. The minimum absolute atomic E-state index is 0.0183. The van der Waals surface area contributed by atoms with Crippen LogP contribution >= 0.6 is 11.6 Å². The zero-order valence-corrected chi connectivity index (χ0v) is 11.9. The molecule has 2 rings (SSSR count). The number of nitrogens with two attached hydrogens (primary N) is 1. The van der Waals surface area contributed by atoms with Gasteiger partial charge in [-0.25, -0.2) is 4.39 Å². The molecule has 0 amide bonds. The largest absolute Gasteiger partial charge is 0.376 e. The van der Waals surface area contributed by atoms with Crippen LogP contribution in [0.15, 0.2) is 18.2 Å². The number of benzene rings is 1. The van der Waals surface area contributed by atoms with Crippen LogP contribution in [0.2, 0.25) is 5.02 Å². The van der Waals surface area contributed by atoms with E-state index >= 15 is 0 Å². The Hall–Kier alpha value is -0.680. The molecular weight excluding hydrogens is 267 g/mol. The van der Waals surface area contributed by atoms with Gasteiger partial charge in [0.05, 0.1) is 17.7 Å². The molecule has 19 heavy (non-hydrogen) atoms. The molecule has 0 radical (unpaired) electrons. The van der Waals surface area contributed by atoms with E-state index in [-0.39, 0.29) is 17.2 Å². The average molecular weight is 287 g/mol. The summed E-state index contributed by atoms with van der Waals surface area (Å²) in [6, 6.07) is 4.94. The van der Waals surface area contributed by atoms with Crippen LogP contribution in [-0.4, -0.2) is 37.2 Å². The van der Waals surface area contributed by atoms with Gasteiger partial charge in [0.25, 0.3) is 0 Å².